The third-order valence-electron chi connectivity index (χ3n) is 14.4. The van der Waals surface area contributed by atoms with Gasteiger partial charge in [-0.05, 0) is 135 Å². The van der Waals surface area contributed by atoms with Gasteiger partial charge in [-0.1, -0.05) is 99.0 Å². The number of carbonyl (C=O) groups excluding carboxylic acids is 2. The number of nitrogens with two attached hydrogens (primary N) is 1. The summed E-state index contributed by atoms with van der Waals surface area (Å²) in [7, 11) is 2.18. The molecule has 1 atom stereocenters. The molecule has 0 amide bonds. The van der Waals surface area contributed by atoms with Crippen LogP contribution in [0.3, 0.4) is 0 Å². The Morgan fingerprint density at radius 1 is 0.738 bits per heavy atom. The molecule has 1 unspecified atom stereocenters. The lowest BCUT2D eigenvalue weighted by atomic mass is 9.81. The topological polar surface area (TPSA) is 101 Å². The molecule has 4 N–H and O–H groups in total. The SMILES string of the molecule is C#CCN1CCC(NCc2ccc3c(c2)cc(-c2ccc(-c4ccc5c(cc(-c6ccc(C(N)C7CCCCC7)cc6)n5C(=O)C=C)c4NC4CCN(C)CC4)cc2)n3C(=O)C=C)CC1. The number of carbonyl (C=O) groups is 2. The fourth-order valence-electron chi connectivity index (χ4n) is 10.6. The number of allylic oxidation sites excluding steroid dienone is 2. The van der Waals surface area contributed by atoms with E-state index in [4.69, 9.17) is 12.2 Å². The van der Waals surface area contributed by atoms with E-state index in [0.29, 0.717) is 18.5 Å². The molecule has 2 aromatic heterocycles. The summed E-state index contributed by atoms with van der Waals surface area (Å²) in [6.45, 7) is 13.3. The van der Waals surface area contributed by atoms with Gasteiger partial charge in [-0.25, -0.2) is 0 Å². The van der Waals surface area contributed by atoms with Gasteiger partial charge in [0.2, 0.25) is 0 Å². The second kappa shape index (κ2) is 19.6. The summed E-state index contributed by atoms with van der Waals surface area (Å²) in [6.07, 6.45) is 18.6. The number of hydrogen-bond donors (Lipinski definition) is 3. The lowest BCUT2D eigenvalue weighted by molar-refractivity contribution is 0.0967. The van der Waals surface area contributed by atoms with Gasteiger partial charge in [0, 0.05) is 54.1 Å². The Balaban J connectivity index is 1.05. The van der Waals surface area contributed by atoms with Crippen molar-refractivity contribution >= 4 is 39.3 Å². The molecule has 3 fully saturated rings. The van der Waals surface area contributed by atoms with Crippen LogP contribution in [-0.4, -0.2) is 82.6 Å². The van der Waals surface area contributed by atoms with Crippen LogP contribution in [-0.2, 0) is 6.54 Å². The molecule has 6 aromatic rings. The van der Waals surface area contributed by atoms with Crippen molar-refractivity contribution in [2.45, 2.75) is 82.5 Å². The fourth-order valence-corrected chi connectivity index (χ4v) is 10.6. The Morgan fingerprint density at radius 2 is 1.34 bits per heavy atom. The Bertz CT molecular complexity index is 2730. The van der Waals surface area contributed by atoms with Gasteiger partial charge in [-0.2, -0.15) is 0 Å². The largest absolute Gasteiger partial charge is 0.381 e. The molecule has 0 radical (unpaired) electrons. The maximum Gasteiger partial charge on any atom is 0.254 e. The number of piperidine rings is 2. The number of fused-ring (bicyclic) bond motifs is 2. The first kappa shape index (κ1) is 44.2. The molecular weight excluding hydrogens is 803 g/mol. The van der Waals surface area contributed by atoms with Crippen LogP contribution in [0.4, 0.5) is 5.69 Å². The number of anilines is 1. The normalized spacial score (nSPS) is 17.6. The molecule has 2 saturated heterocycles. The summed E-state index contributed by atoms with van der Waals surface area (Å²) in [5, 5.41) is 9.73. The van der Waals surface area contributed by atoms with Crippen LogP contribution in [0.2, 0.25) is 0 Å². The highest BCUT2D eigenvalue weighted by atomic mass is 16.2. The van der Waals surface area contributed by atoms with Gasteiger partial charge in [-0.15, -0.1) is 6.42 Å². The van der Waals surface area contributed by atoms with Gasteiger partial charge in [-0.3, -0.25) is 23.6 Å². The molecule has 0 spiro atoms. The molecule has 65 heavy (non-hydrogen) atoms. The van der Waals surface area contributed by atoms with E-state index >= 15 is 0 Å². The molecule has 4 heterocycles. The summed E-state index contributed by atoms with van der Waals surface area (Å²) >= 11 is 0. The van der Waals surface area contributed by atoms with Gasteiger partial charge in [0.1, 0.15) is 0 Å². The quantitative estimate of drug-likeness (QED) is 0.0785. The first-order valence-corrected chi connectivity index (χ1v) is 23.7. The van der Waals surface area contributed by atoms with Crippen LogP contribution in [0.1, 0.15) is 84.5 Å². The Morgan fingerprint density at radius 3 is 2.00 bits per heavy atom. The number of aromatic nitrogens is 2. The van der Waals surface area contributed by atoms with E-state index in [1.165, 1.54) is 49.8 Å². The molecule has 3 aliphatic rings. The van der Waals surface area contributed by atoms with E-state index in [9.17, 15) is 9.59 Å². The lowest BCUT2D eigenvalue weighted by Gasteiger charge is -2.31. The number of rotatable bonds is 13. The minimum Gasteiger partial charge on any atom is -0.381 e. The van der Waals surface area contributed by atoms with Crippen LogP contribution >= 0.6 is 0 Å². The summed E-state index contributed by atoms with van der Waals surface area (Å²) in [4.78, 5) is 32.0. The Hall–Kier alpha value is -6.02. The van der Waals surface area contributed by atoms with Crippen molar-refractivity contribution in [2.75, 3.05) is 45.1 Å². The number of benzene rings is 4. The first-order valence-electron chi connectivity index (χ1n) is 23.7. The number of terminal acetylenes is 1. The van der Waals surface area contributed by atoms with Gasteiger partial charge in [0.25, 0.3) is 11.8 Å². The smallest absolute Gasteiger partial charge is 0.254 e. The second-order valence-corrected chi connectivity index (χ2v) is 18.6. The van der Waals surface area contributed by atoms with Crippen LogP contribution in [0.5, 0.6) is 0 Å². The predicted octanol–water partition coefficient (Wildman–Crippen LogP) is 10.5. The van der Waals surface area contributed by atoms with E-state index < -0.39 is 0 Å². The van der Waals surface area contributed by atoms with Crippen molar-refractivity contribution in [1.29, 1.82) is 0 Å². The van der Waals surface area contributed by atoms with E-state index in [-0.39, 0.29) is 23.9 Å². The average Bonchev–Trinajstić information content (AvgIpc) is 3.94. The molecule has 9 nitrogen and oxygen atoms in total. The number of nitrogens with one attached hydrogen (secondary N) is 2. The fraction of sp³-hybridized carbons (Fsp3) is 0.357. The van der Waals surface area contributed by atoms with Crippen LogP contribution in [0.25, 0.3) is 55.4 Å². The maximum atomic E-state index is 13.8. The number of likely N-dealkylation sites (tertiary alicyclic amines) is 2. The molecule has 1 aliphatic carbocycles. The highest BCUT2D eigenvalue weighted by molar-refractivity contribution is 6.09. The molecular formula is C56H63N7O2. The third-order valence-corrected chi connectivity index (χ3v) is 14.4. The zero-order chi connectivity index (χ0) is 45.0. The zero-order valence-corrected chi connectivity index (χ0v) is 37.9. The first-order chi connectivity index (χ1) is 31.7. The van der Waals surface area contributed by atoms with Crippen molar-refractivity contribution in [1.82, 2.24) is 24.3 Å². The zero-order valence-electron chi connectivity index (χ0n) is 37.9. The van der Waals surface area contributed by atoms with Crippen molar-refractivity contribution < 1.29 is 9.59 Å². The molecule has 1 saturated carbocycles. The standard InChI is InChI=1S/C56H63N7O2/c1-5-29-61-32-27-45(28-33-61)58-37-38-13-23-49-44(34-38)35-51(62(49)53(64)6-2)40-16-14-39(15-17-40)47-22-24-50-48(56(47)59-46-25-30-60(4)31-26-46)36-52(63(50)54(65)7-3)41-18-20-43(21-19-41)55(57)42-11-9-8-10-12-42/h1,6-7,13-24,34-36,42,45-46,55,58-59H,2-3,8-12,25-33,37,57H2,4H3. The monoisotopic (exact) mass is 866 g/mol. The van der Waals surface area contributed by atoms with Crippen molar-refractivity contribution in [3.63, 3.8) is 0 Å². The maximum absolute atomic E-state index is 13.8. The van der Waals surface area contributed by atoms with Crippen molar-refractivity contribution in [2.24, 2.45) is 11.7 Å². The third kappa shape index (κ3) is 9.27. The lowest BCUT2D eigenvalue weighted by Crippen LogP contribution is -2.42. The summed E-state index contributed by atoms with van der Waals surface area (Å²) in [6, 6.07) is 32.6. The van der Waals surface area contributed by atoms with Gasteiger partial charge >= 0.3 is 0 Å². The highest BCUT2D eigenvalue weighted by Gasteiger charge is 2.26. The summed E-state index contributed by atoms with van der Waals surface area (Å²) in [5.41, 5.74) is 17.5. The van der Waals surface area contributed by atoms with Gasteiger partial charge in [0.15, 0.2) is 0 Å². The van der Waals surface area contributed by atoms with Gasteiger partial charge in [0.05, 0.1) is 34.7 Å². The average molecular weight is 866 g/mol. The predicted molar refractivity (Wildman–Crippen MR) is 268 cm³/mol. The minimum atomic E-state index is -0.175. The Labute approximate surface area is 384 Å². The molecule has 9 heteroatoms. The van der Waals surface area contributed by atoms with Crippen molar-refractivity contribution in [3.8, 4) is 46.0 Å². The van der Waals surface area contributed by atoms with E-state index in [0.717, 1.165) is 125 Å². The van der Waals surface area contributed by atoms with E-state index in [1.54, 1.807) is 9.13 Å². The summed E-state index contributed by atoms with van der Waals surface area (Å²) in [5.74, 6) is 2.92. The number of nitrogens with zero attached hydrogens (tertiary/aromatic N) is 4. The van der Waals surface area contributed by atoms with Crippen LogP contribution in [0, 0.1) is 18.3 Å². The molecule has 334 valence electrons. The van der Waals surface area contributed by atoms with Crippen molar-refractivity contribution in [3.05, 3.63) is 127 Å². The van der Waals surface area contributed by atoms with E-state index in [2.05, 4.69) is 138 Å². The van der Waals surface area contributed by atoms with E-state index in [1.807, 2.05) is 0 Å². The second-order valence-electron chi connectivity index (χ2n) is 18.6. The molecule has 9 rings (SSSR count). The highest BCUT2D eigenvalue weighted by Crippen LogP contribution is 2.42. The Kier molecular flexibility index (Phi) is 13.3. The number of hydrogen-bond acceptors (Lipinski definition) is 7. The summed E-state index contributed by atoms with van der Waals surface area (Å²) < 4.78 is 3.57. The van der Waals surface area contributed by atoms with Gasteiger partial charge < -0.3 is 21.3 Å². The van der Waals surface area contributed by atoms with Crippen LogP contribution < -0.4 is 16.4 Å². The molecule has 2 aliphatic heterocycles. The molecule has 0 bridgehead atoms. The minimum absolute atomic E-state index is 0.00898. The van der Waals surface area contributed by atoms with Crippen LogP contribution in [0.15, 0.2) is 116 Å². The molecule has 4 aromatic carbocycles.